The van der Waals surface area contributed by atoms with E-state index in [2.05, 4.69) is 4.98 Å². The Labute approximate surface area is 121 Å². The number of pyridine rings is 2. The third-order valence-corrected chi connectivity index (χ3v) is 3.56. The third-order valence-electron chi connectivity index (χ3n) is 3.56. The van der Waals surface area contributed by atoms with Crippen LogP contribution in [0.1, 0.15) is 12.5 Å². The van der Waals surface area contributed by atoms with Crippen LogP contribution in [0.15, 0.2) is 53.7 Å². The van der Waals surface area contributed by atoms with Gasteiger partial charge in [0.25, 0.3) is 0 Å². The van der Waals surface area contributed by atoms with Crippen molar-refractivity contribution in [2.75, 3.05) is 0 Å². The molecule has 2 aromatic heterocycles. The fourth-order valence-electron chi connectivity index (χ4n) is 2.46. The van der Waals surface area contributed by atoms with Gasteiger partial charge in [0.15, 0.2) is 0 Å². The van der Waals surface area contributed by atoms with Crippen molar-refractivity contribution in [2.24, 2.45) is 0 Å². The highest BCUT2D eigenvalue weighted by atomic mass is 16.1. The van der Waals surface area contributed by atoms with Crippen molar-refractivity contribution < 1.29 is 0 Å². The lowest BCUT2D eigenvalue weighted by Crippen LogP contribution is -2.12. The molecule has 0 saturated heterocycles. The number of nitriles is 1. The molecule has 3 rings (SSSR count). The lowest BCUT2D eigenvalue weighted by atomic mass is 10.0. The summed E-state index contributed by atoms with van der Waals surface area (Å²) in [7, 11) is 0. The Balaban J connectivity index is 2.32. The minimum atomic E-state index is -0.210. The Bertz CT molecular complexity index is 905. The maximum absolute atomic E-state index is 12.2. The molecule has 0 atom stereocenters. The molecule has 0 unspecified atom stereocenters. The molecule has 4 heteroatoms. The standard InChI is InChI=1S/C17H13N3O/c1-2-20-11-14(10-18)17(21)15-4-3-13(9-16(15)20)12-5-7-19-8-6-12/h3-9,11H,2H2,1H3. The summed E-state index contributed by atoms with van der Waals surface area (Å²) in [5.74, 6) is 0. The minimum Gasteiger partial charge on any atom is -0.346 e. The highest BCUT2D eigenvalue weighted by Gasteiger charge is 2.09. The van der Waals surface area contributed by atoms with Gasteiger partial charge in [-0.05, 0) is 42.3 Å². The van der Waals surface area contributed by atoms with E-state index in [1.54, 1.807) is 24.7 Å². The summed E-state index contributed by atoms with van der Waals surface area (Å²) in [5, 5.41) is 9.64. The molecule has 0 radical (unpaired) electrons. The molecule has 0 spiro atoms. The normalized spacial score (nSPS) is 10.5. The molecule has 0 amide bonds. The number of hydrogen-bond acceptors (Lipinski definition) is 3. The first-order valence-electron chi connectivity index (χ1n) is 6.72. The molecular formula is C17H13N3O. The molecule has 4 nitrogen and oxygen atoms in total. The second-order valence-electron chi connectivity index (χ2n) is 4.74. The van der Waals surface area contributed by atoms with Gasteiger partial charge in [0.05, 0.1) is 5.52 Å². The first-order chi connectivity index (χ1) is 10.2. The fourth-order valence-corrected chi connectivity index (χ4v) is 2.46. The van der Waals surface area contributed by atoms with E-state index >= 15 is 0 Å². The zero-order valence-corrected chi connectivity index (χ0v) is 11.6. The molecule has 0 aliphatic rings. The summed E-state index contributed by atoms with van der Waals surface area (Å²) in [5.41, 5.74) is 2.89. The number of nitrogens with zero attached hydrogens (tertiary/aromatic N) is 3. The highest BCUT2D eigenvalue weighted by molar-refractivity contribution is 5.85. The van der Waals surface area contributed by atoms with Crippen LogP contribution in [0, 0.1) is 11.3 Å². The van der Waals surface area contributed by atoms with Gasteiger partial charge in [-0.15, -0.1) is 0 Å². The Morgan fingerprint density at radius 3 is 2.62 bits per heavy atom. The first-order valence-corrected chi connectivity index (χ1v) is 6.72. The Hall–Kier alpha value is -2.93. The van der Waals surface area contributed by atoms with E-state index in [-0.39, 0.29) is 11.0 Å². The van der Waals surface area contributed by atoms with Crippen molar-refractivity contribution in [3.63, 3.8) is 0 Å². The van der Waals surface area contributed by atoms with Gasteiger partial charge in [-0.2, -0.15) is 5.26 Å². The summed E-state index contributed by atoms with van der Waals surface area (Å²) < 4.78 is 1.93. The van der Waals surface area contributed by atoms with Crippen LogP contribution in [0.4, 0.5) is 0 Å². The van der Waals surface area contributed by atoms with E-state index in [1.807, 2.05) is 41.8 Å². The zero-order valence-electron chi connectivity index (χ0n) is 11.6. The molecule has 0 saturated carbocycles. The maximum atomic E-state index is 12.2. The minimum absolute atomic E-state index is 0.181. The molecule has 0 fully saturated rings. The molecule has 1 aromatic carbocycles. The topological polar surface area (TPSA) is 58.7 Å². The van der Waals surface area contributed by atoms with Crippen molar-refractivity contribution >= 4 is 10.9 Å². The Morgan fingerprint density at radius 2 is 1.95 bits per heavy atom. The average Bonchev–Trinajstić information content (AvgIpc) is 2.56. The van der Waals surface area contributed by atoms with E-state index in [0.29, 0.717) is 11.9 Å². The Morgan fingerprint density at radius 1 is 1.19 bits per heavy atom. The van der Waals surface area contributed by atoms with Crippen LogP contribution in [0.2, 0.25) is 0 Å². The van der Waals surface area contributed by atoms with Crippen LogP contribution >= 0.6 is 0 Å². The van der Waals surface area contributed by atoms with Gasteiger partial charge >= 0.3 is 0 Å². The van der Waals surface area contributed by atoms with Gasteiger partial charge in [-0.1, -0.05) is 6.07 Å². The van der Waals surface area contributed by atoms with Crippen molar-refractivity contribution in [3.8, 4) is 17.2 Å². The maximum Gasteiger partial charge on any atom is 0.207 e. The van der Waals surface area contributed by atoms with Gasteiger partial charge in [0, 0.05) is 30.5 Å². The molecule has 0 aliphatic carbocycles. The smallest absolute Gasteiger partial charge is 0.207 e. The number of hydrogen-bond donors (Lipinski definition) is 0. The fraction of sp³-hybridized carbons (Fsp3) is 0.118. The SMILES string of the molecule is CCn1cc(C#N)c(=O)c2ccc(-c3ccncc3)cc21. The van der Waals surface area contributed by atoms with Gasteiger partial charge in [0.1, 0.15) is 11.6 Å². The number of aromatic nitrogens is 2. The molecule has 2 heterocycles. The molecule has 0 aliphatic heterocycles. The van der Waals surface area contributed by atoms with Gasteiger partial charge in [-0.3, -0.25) is 9.78 Å². The predicted octanol–water partition coefficient (Wildman–Crippen LogP) is 2.96. The van der Waals surface area contributed by atoms with E-state index in [0.717, 1.165) is 16.6 Å². The van der Waals surface area contributed by atoms with Gasteiger partial charge < -0.3 is 4.57 Å². The molecule has 3 aromatic rings. The number of benzene rings is 1. The van der Waals surface area contributed by atoms with E-state index in [1.165, 1.54) is 0 Å². The van der Waals surface area contributed by atoms with Crippen molar-refractivity contribution in [1.82, 2.24) is 9.55 Å². The van der Waals surface area contributed by atoms with Gasteiger partial charge in [0.2, 0.25) is 5.43 Å². The van der Waals surface area contributed by atoms with Gasteiger partial charge in [-0.25, -0.2) is 0 Å². The lowest BCUT2D eigenvalue weighted by molar-refractivity contribution is 0.786. The quantitative estimate of drug-likeness (QED) is 0.722. The summed E-state index contributed by atoms with van der Waals surface area (Å²) in [6, 6.07) is 11.5. The van der Waals surface area contributed by atoms with E-state index < -0.39 is 0 Å². The van der Waals surface area contributed by atoms with Crippen molar-refractivity contribution in [1.29, 1.82) is 5.26 Å². The third kappa shape index (κ3) is 2.19. The van der Waals surface area contributed by atoms with Crippen LogP contribution in [-0.4, -0.2) is 9.55 Å². The lowest BCUT2D eigenvalue weighted by Gasteiger charge is -2.11. The van der Waals surface area contributed by atoms with Crippen LogP contribution in [0.25, 0.3) is 22.0 Å². The summed E-state index contributed by atoms with van der Waals surface area (Å²) in [6.07, 6.45) is 5.11. The van der Waals surface area contributed by atoms with E-state index in [4.69, 9.17) is 5.26 Å². The zero-order chi connectivity index (χ0) is 14.8. The monoisotopic (exact) mass is 275 g/mol. The molecule has 102 valence electrons. The number of rotatable bonds is 2. The van der Waals surface area contributed by atoms with E-state index in [9.17, 15) is 4.79 Å². The summed E-state index contributed by atoms with van der Waals surface area (Å²) >= 11 is 0. The van der Waals surface area contributed by atoms with Crippen LogP contribution in [-0.2, 0) is 6.54 Å². The first kappa shape index (κ1) is 13.1. The van der Waals surface area contributed by atoms with Crippen LogP contribution < -0.4 is 5.43 Å². The molecule has 21 heavy (non-hydrogen) atoms. The molecule has 0 bridgehead atoms. The largest absolute Gasteiger partial charge is 0.346 e. The van der Waals surface area contributed by atoms with Crippen LogP contribution in [0.3, 0.4) is 0 Å². The predicted molar refractivity (Wildman–Crippen MR) is 81.8 cm³/mol. The number of aryl methyl sites for hydroxylation is 1. The second kappa shape index (κ2) is 5.22. The number of fused-ring (bicyclic) bond motifs is 1. The molecular weight excluding hydrogens is 262 g/mol. The van der Waals surface area contributed by atoms with Crippen LogP contribution in [0.5, 0.6) is 0 Å². The summed E-state index contributed by atoms with van der Waals surface area (Å²) in [4.78, 5) is 16.2. The second-order valence-corrected chi connectivity index (χ2v) is 4.74. The summed E-state index contributed by atoms with van der Waals surface area (Å²) in [6.45, 7) is 2.69. The van der Waals surface area contributed by atoms with Crippen molar-refractivity contribution in [2.45, 2.75) is 13.5 Å². The molecule has 0 N–H and O–H groups in total. The van der Waals surface area contributed by atoms with Crippen molar-refractivity contribution in [3.05, 3.63) is 64.7 Å². The highest BCUT2D eigenvalue weighted by Crippen LogP contribution is 2.23. The average molecular weight is 275 g/mol. The Kier molecular flexibility index (Phi) is 3.25.